The van der Waals surface area contributed by atoms with Gasteiger partial charge >= 0.3 is 0 Å². The molecule has 0 atom stereocenters. The molecule has 0 saturated heterocycles. The van der Waals surface area contributed by atoms with E-state index in [1.807, 2.05) is 54.7 Å². The largest absolute Gasteiger partial charge is 0.493 e. The van der Waals surface area contributed by atoms with Gasteiger partial charge in [0.15, 0.2) is 11.0 Å². The maximum atomic E-state index is 5.83. The van der Waals surface area contributed by atoms with Crippen molar-refractivity contribution >= 4 is 27.7 Å². The molecule has 29 heavy (non-hydrogen) atoms. The number of aryl methyl sites for hydroxylation is 1. The van der Waals surface area contributed by atoms with Gasteiger partial charge in [-0.15, -0.1) is 10.2 Å². The van der Waals surface area contributed by atoms with E-state index in [4.69, 9.17) is 4.74 Å². The molecule has 0 bridgehead atoms. The van der Waals surface area contributed by atoms with Gasteiger partial charge in [0.1, 0.15) is 5.75 Å². The van der Waals surface area contributed by atoms with E-state index in [1.165, 1.54) is 0 Å². The van der Waals surface area contributed by atoms with Gasteiger partial charge in [0.05, 0.1) is 12.3 Å². The fourth-order valence-electron chi connectivity index (χ4n) is 2.90. The summed E-state index contributed by atoms with van der Waals surface area (Å²) in [5, 5.41) is 9.74. The molecular weight excluding hydrogens is 448 g/mol. The summed E-state index contributed by atoms with van der Waals surface area (Å²) in [5.41, 5.74) is 3.15. The second-order valence-electron chi connectivity index (χ2n) is 6.32. The lowest BCUT2D eigenvalue weighted by atomic mass is 10.2. The van der Waals surface area contributed by atoms with Crippen LogP contribution in [0.25, 0.3) is 17.1 Å². The summed E-state index contributed by atoms with van der Waals surface area (Å²) >= 11 is 5.06. The number of ether oxygens (including phenoxy) is 1. The normalized spacial score (nSPS) is 10.8. The van der Waals surface area contributed by atoms with Gasteiger partial charge in [0.2, 0.25) is 0 Å². The van der Waals surface area contributed by atoms with Crippen LogP contribution in [-0.2, 0) is 0 Å². The van der Waals surface area contributed by atoms with E-state index in [1.54, 1.807) is 18.0 Å². The van der Waals surface area contributed by atoms with Crippen molar-refractivity contribution in [3.05, 3.63) is 83.1 Å². The van der Waals surface area contributed by atoms with E-state index in [9.17, 15) is 0 Å². The third-order valence-corrected chi connectivity index (χ3v) is 5.73. The summed E-state index contributed by atoms with van der Waals surface area (Å²) in [6, 6.07) is 20.0. The molecule has 7 heteroatoms. The summed E-state index contributed by atoms with van der Waals surface area (Å²) in [6.45, 7) is 2.67. The van der Waals surface area contributed by atoms with Crippen molar-refractivity contribution in [3.8, 4) is 22.8 Å². The predicted octanol–water partition coefficient (Wildman–Crippen LogP) is 5.57. The Morgan fingerprint density at radius 1 is 1.00 bits per heavy atom. The lowest BCUT2D eigenvalue weighted by Gasteiger charge is -2.13. The number of pyridine rings is 1. The standard InChI is InChI=1S/C22H19BrN4OS/c1-16-5-2-3-7-20(16)27-21(17-6-4-12-24-15-17)25-26-22(27)29-14-13-28-19-10-8-18(23)9-11-19/h2-12,15H,13-14H2,1H3. The van der Waals surface area contributed by atoms with Crippen molar-refractivity contribution in [2.45, 2.75) is 12.1 Å². The van der Waals surface area contributed by atoms with Crippen LogP contribution in [0.2, 0.25) is 0 Å². The fraction of sp³-hybridized carbons (Fsp3) is 0.136. The van der Waals surface area contributed by atoms with Crippen LogP contribution in [0.5, 0.6) is 5.75 Å². The maximum Gasteiger partial charge on any atom is 0.196 e. The molecule has 5 nitrogen and oxygen atoms in total. The Bertz CT molecular complexity index is 1080. The zero-order valence-corrected chi connectivity index (χ0v) is 18.2. The van der Waals surface area contributed by atoms with Crippen molar-refractivity contribution in [2.24, 2.45) is 0 Å². The van der Waals surface area contributed by atoms with E-state index >= 15 is 0 Å². The summed E-state index contributed by atoms with van der Waals surface area (Å²) in [4.78, 5) is 4.23. The Labute approximate surface area is 182 Å². The molecule has 0 saturated carbocycles. The van der Waals surface area contributed by atoms with Crippen LogP contribution in [-0.4, -0.2) is 32.1 Å². The molecular formula is C22H19BrN4OS. The molecule has 146 valence electrons. The van der Waals surface area contributed by atoms with E-state index in [0.29, 0.717) is 6.61 Å². The predicted molar refractivity (Wildman–Crippen MR) is 120 cm³/mol. The molecule has 4 rings (SSSR count). The molecule has 0 aliphatic heterocycles. The molecule has 0 aliphatic rings. The van der Waals surface area contributed by atoms with Gasteiger partial charge in [0.25, 0.3) is 0 Å². The first-order valence-electron chi connectivity index (χ1n) is 9.15. The highest BCUT2D eigenvalue weighted by Crippen LogP contribution is 2.29. The number of thioether (sulfide) groups is 1. The first kappa shape index (κ1) is 19.7. The molecule has 0 unspecified atom stereocenters. The summed E-state index contributed by atoms with van der Waals surface area (Å²) in [7, 11) is 0. The van der Waals surface area contributed by atoms with Gasteiger partial charge in [-0.1, -0.05) is 45.9 Å². The Morgan fingerprint density at radius 2 is 1.83 bits per heavy atom. The summed E-state index contributed by atoms with van der Waals surface area (Å²) in [5.74, 6) is 2.39. The van der Waals surface area contributed by atoms with E-state index < -0.39 is 0 Å². The Hall–Kier alpha value is -2.64. The van der Waals surface area contributed by atoms with Crippen LogP contribution in [0.4, 0.5) is 0 Å². The number of aromatic nitrogens is 4. The van der Waals surface area contributed by atoms with Crippen LogP contribution in [0.1, 0.15) is 5.56 Å². The molecule has 2 aromatic carbocycles. The highest BCUT2D eigenvalue weighted by atomic mass is 79.9. The van der Waals surface area contributed by atoms with Gasteiger partial charge in [0, 0.05) is 28.2 Å². The van der Waals surface area contributed by atoms with Crippen molar-refractivity contribution in [2.75, 3.05) is 12.4 Å². The van der Waals surface area contributed by atoms with Gasteiger partial charge in [-0.3, -0.25) is 9.55 Å². The van der Waals surface area contributed by atoms with Gasteiger partial charge in [-0.2, -0.15) is 0 Å². The molecule has 2 heterocycles. The topological polar surface area (TPSA) is 52.8 Å². The zero-order chi connectivity index (χ0) is 20.1. The van der Waals surface area contributed by atoms with Crippen LogP contribution in [0.15, 0.2) is 82.7 Å². The smallest absolute Gasteiger partial charge is 0.196 e. The summed E-state index contributed by atoms with van der Waals surface area (Å²) < 4.78 is 8.96. The minimum atomic E-state index is 0.579. The highest BCUT2D eigenvalue weighted by Gasteiger charge is 2.17. The van der Waals surface area contributed by atoms with Crippen LogP contribution in [0, 0.1) is 6.92 Å². The Kier molecular flexibility index (Phi) is 6.27. The number of halogens is 1. The minimum absolute atomic E-state index is 0.579. The van der Waals surface area contributed by atoms with Crippen molar-refractivity contribution in [3.63, 3.8) is 0 Å². The molecule has 0 N–H and O–H groups in total. The second-order valence-corrected chi connectivity index (χ2v) is 8.30. The van der Waals surface area contributed by atoms with Gasteiger partial charge in [-0.25, -0.2) is 0 Å². The van der Waals surface area contributed by atoms with Gasteiger partial charge in [-0.05, 0) is 55.0 Å². The number of para-hydroxylation sites is 1. The first-order chi connectivity index (χ1) is 14.2. The Balaban J connectivity index is 1.56. The average Bonchev–Trinajstić information content (AvgIpc) is 3.17. The third kappa shape index (κ3) is 4.68. The fourth-order valence-corrected chi connectivity index (χ4v) is 3.93. The van der Waals surface area contributed by atoms with Crippen LogP contribution < -0.4 is 4.74 Å². The van der Waals surface area contributed by atoms with Crippen molar-refractivity contribution < 1.29 is 4.74 Å². The SMILES string of the molecule is Cc1ccccc1-n1c(SCCOc2ccc(Br)cc2)nnc1-c1cccnc1. The lowest BCUT2D eigenvalue weighted by Crippen LogP contribution is -2.04. The minimum Gasteiger partial charge on any atom is -0.493 e. The Morgan fingerprint density at radius 3 is 2.59 bits per heavy atom. The van der Waals surface area contributed by atoms with Crippen LogP contribution >= 0.6 is 27.7 Å². The maximum absolute atomic E-state index is 5.83. The van der Waals surface area contributed by atoms with Crippen molar-refractivity contribution in [1.82, 2.24) is 19.7 Å². The molecule has 0 radical (unpaired) electrons. The lowest BCUT2D eigenvalue weighted by molar-refractivity contribution is 0.344. The highest BCUT2D eigenvalue weighted by molar-refractivity contribution is 9.10. The second kappa shape index (κ2) is 9.24. The first-order valence-corrected chi connectivity index (χ1v) is 10.9. The average molecular weight is 467 g/mol. The molecule has 2 aromatic heterocycles. The summed E-state index contributed by atoms with van der Waals surface area (Å²) in [6.07, 6.45) is 3.57. The molecule has 4 aromatic rings. The number of benzene rings is 2. The molecule has 0 spiro atoms. The number of hydrogen-bond donors (Lipinski definition) is 0. The zero-order valence-electron chi connectivity index (χ0n) is 15.8. The third-order valence-electron chi connectivity index (χ3n) is 4.31. The van der Waals surface area contributed by atoms with E-state index in [0.717, 1.165) is 43.8 Å². The monoisotopic (exact) mass is 466 g/mol. The number of hydrogen-bond acceptors (Lipinski definition) is 5. The molecule has 0 amide bonds. The molecule has 0 aliphatic carbocycles. The molecule has 0 fully saturated rings. The van der Waals surface area contributed by atoms with E-state index in [2.05, 4.69) is 54.7 Å². The van der Waals surface area contributed by atoms with Crippen LogP contribution in [0.3, 0.4) is 0 Å². The quantitative estimate of drug-likeness (QED) is 0.263. The van der Waals surface area contributed by atoms with E-state index in [-0.39, 0.29) is 0 Å². The number of rotatable bonds is 7. The van der Waals surface area contributed by atoms with Crippen molar-refractivity contribution in [1.29, 1.82) is 0 Å². The number of nitrogens with zero attached hydrogens (tertiary/aromatic N) is 4. The van der Waals surface area contributed by atoms with Gasteiger partial charge < -0.3 is 4.74 Å².